The van der Waals surface area contributed by atoms with Gasteiger partial charge in [0.15, 0.2) is 0 Å². The fourth-order valence-electron chi connectivity index (χ4n) is 2.68. The maximum Gasteiger partial charge on any atom is 0.122 e. The standard InChI is InChI=1S/C14H18O2/c15-9-8-14(16)7-6-13(11-14)10-12-4-2-1-3-5-12/h1-5,9,13,16H,6-8,10-11H2. The minimum absolute atomic E-state index is 0.290. The Labute approximate surface area is 96.3 Å². The number of rotatable bonds is 4. The van der Waals surface area contributed by atoms with Gasteiger partial charge in [-0.2, -0.15) is 0 Å². The number of aldehydes is 1. The molecule has 0 spiro atoms. The maximum absolute atomic E-state index is 10.5. The van der Waals surface area contributed by atoms with E-state index in [0.717, 1.165) is 32.0 Å². The quantitative estimate of drug-likeness (QED) is 0.788. The normalized spacial score (nSPS) is 29.2. The molecule has 0 radical (unpaired) electrons. The molecule has 1 N–H and O–H groups in total. The lowest BCUT2D eigenvalue weighted by molar-refractivity contribution is -0.112. The van der Waals surface area contributed by atoms with Crippen molar-refractivity contribution in [2.24, 2.45) is 5.92 Å². The summed E-state index contributed by atoms with van der Waals surface area (Å²) < 4.78 is 0. The van der Waals surface area contributed by atoms with E-state index >= 15 is 0 Å². The second-order valence-electron chi connectivity index (χ2n) is 4.89. The highest BCUT2D eigenvalue weighted by Gasteiger charge is 2.36. The first-order chi connectivity index (χ1) is 7.72. The summed E-state index contributed by atoms with van der Waals surface area (Å²) in [5.74, 6) is 0.521. The summed E-state index contributed by atoms with van der Waals surface area (Å²) in [6.07, 6.45) is 4.70. The number of aliphatic hydroxyl groups is 1. The van der Waals surface area contributed by atoms with Crippen LogP contribution in [-0.2, 0) is 11.2 Å². The van der Waals surface area contributed by atoms with Crippen LogP contribution < -0.4 is 0 Å². The number of carbonyl (C=O) groups is 1. The molecule has 1 aliphatic rings. The van der Waals surface area contributed by atoms with Crippen LogP contribution in [0.3, 0.4) is 0 Å². The molecule has 2 heteroatoms. The summed E-state index contributed by atoms with van der Waals surface area (Å²) in [5, 5.41) is 10.1. The lowest BCUT2D eigenvalue weighted by Gasteiger charge is -2.19. The summed E-state index contributed by atoms with van der Waals surface area (Å²) in [5.41, 5.74) is 0.601. The second-order valence-corrected chi connectivity index (χ2v) is 4.89. The van der Waals surface area contributed by atoms with Crippen LogP contribution in [0.2, 0.25) is 0 Å². The third-order valence-electron chi connectivity index (χ3n) is 3.52. The fourth-order valence-corrected chi connectivity index (χ4v) is 2.68. The van der Waals surface area contributed by atoms with Crippen LogP contribution in [0, 0.1) is 5.92 Å². The van der Waals surface area contributed by atoms with Gasteiger partial charge in [-0.1, -0.05) is 30.3 Å². The molecule has 0 saturated heterocycles. The van der Waals surface area contributed by atoms with Crippen molar-refractivity contribution < 1.29 is 9.90 Å². The van der Waals surface area contributed by atoms with E-state index < -0.39 is 5.60 Å². The van der Waals surface area contributed by atoms with Gasteiger partial charge in [0.25, 0.3) is 0 Å². The van der Waals surface area contributed by atoms with Gasteiger partial charge < -0.3 is 9.90 Å². The summed E-state index contributed by atoms with van der Waals surface area (Å²) in [6, 6.07) is 10.3. The molecule has 1 aromatic rings. The predicted octanol–water partition coefficient (Wildman–Crippen LogP) is 2.35. The monoisotopic (exact) mass is 218 g/mol. The fraction of sp³-hybridized carbons (Fsp3) is 0.500. The van der Waals surface area contributed by atoms with Crippen molar-refractivity contribution in [3.05, 3.63) is 35.9 Å². The first-order valence-electron chi connectivity index (χ1n) is 5.92. The van der Waals surface area contributed by atoms with Gasteiger partial charge in [0.1, 0.15) is 6.29 Å². The number of hydrogen-bond acceptors (Lipinski definition) is 2. The Morgan fingerprint density at radius 3 is 2.81 bits per heavy atom. The number of carbonyl (C=O) groups excluding carboxylic acids is 1. The Morgan fingerprint density at radius 2 is 2.12 bits per heavy atom. The van der Waals surface area contributed by atoms with E-state index in [0.29, 0.717) is 5.92 Å². The molecule has 1 saturated carbocycles. The average Bonchev–Trinajstić information content (AvgIpc) is 2.62. The summed E-state index contributed by atoms with van der Waals surface area (Å²) >= 11 is 0. The molecule has 1 fully saturated rings. The topological polar surface area (TPSA) is 37.3 Å². The molecule has 2 rings (SSSR count). The van der Waals surface area contributed by atoms with Gasteiger partial charge in [0.2, 0.25) is 0 Å². The van der Waals surface area contributed by atoms with Crippen molar-refractivity contribution >= 4 is 6.29 Å². The van der Waals surface area contributed by atoms with E-state index in [1.807, 2.05) is 18.2 Å². The molecule has 0 heterocycles. The van der Waals surface area contributed by atoms with E-state index in [-0.39, 0.29) is 6.42 Å². The highest BCUT2D eigenvalue weighted by atomic mass is 16.3. The van der Waals surface area contributed by atoms with Crippen LogP contribution in [0.5, 0.6) is 0 Å². The van der Waals surface area contributed by atoms with Gasteiger partial charge in [0, 0.05) is 6.42 Å². The Kier molecular flexibility index (Phi) is 3.39. The van der Waals surface area contributed by atoms with Crippen LogP contribution in [0.4, 0.5) is 0 Å². The van der Waals surface area contributed by atoms with E-state index in [4.69, 9.17) is 0 Å². The number of benzene rings is 1. The van der Waals surface area contributed by atoms with Crippen molar-refractivity contribution in [1.82, 2.24) is 0 Å². The van der Waals surface area contributed by atoms with Gasteiger partial charge in [-0.05, 0) is 37.2 Å². The number of hydrogen-bond donors (Lipinski definition) is 1. The van der Waals surface area contributed by atoms with Gasteiger partial charge >= 0.3 is 0 Å². The zero-order valence-electron chi connectivity index (χ0n) is 9.43. The average molecular weight is 218 g/mol. The van der Waals surface area contributed by atoms with Crippen molar-refractivity contribution in [1.29, 1.82) is 0 Å². The molecule has 0 aromatic heterocycles. The highest BCUT2D eigenvalue weighted by Crippen LogP contribution is 2.37. The third kappa shape index (κ3) is 2.70. The van der Waals surface area contributed by atoms with Crippen molar-refractivity contribution in [3.8, 4) is 0 Å². The van der Waals surface area contributed by atoms with Crippen LogP contribution in [0.25, 0.3) is 0 Å². The van der Waals surface area contributed by atoms with E-state index in [9.17, 15) is 9.90 Å². The molecule has 0 amide bonds. The Bertz CT molecular complexity index is 347. The molecule has 2 atom stereocenters. The zero-order valence-corrected chi connectivity index (χ0v) is 9.43. The smallest absolute Gasteiger partial charge is 0.122 e. The SMILES string of the molecule is O=CCC1(O)CCC(Cc2ccccc2)C1. The molecule has 0 aliphatic heterocycles. The molecule has 1 aliphatic carbocycles. The molecular weight excluding hydrogens is 200 g/mol. The Hall–Kier alpha value is -1.15. The Balaban J connectivity index is 1.92. The highest BCUT2D eigenvalue weighted by molar-refractivity contribution is 5.51. The lowest BCUT2D eigenvalue weighted by Crippen LogP contribution is -2.25. The van der Waals surface area contributed by atoms with Crippen molar-refractivity contribution in [2.75, 3.05) is 0 Å². The lowest BCUT2D eigenvalue weighted by atomic mass is 9.93. The predicted molar refractivity (Wildman–Crippen MR) is 63.1 cm³/mol. The third-order valence-corrected chi connectivity index (χ3v) is 3.52. The van der Waals surface area contributed by atoms with Crippen molar-refractivity contribution in [3.63, 3.8) is 0 Å². The van der Waals surface area contributed by atoms with Crippen LogP contribution in [-0.4, -0.2) is 17.0 Å². The van der Waals surface area contributed by atoms with Crippen molar-refractivity contribution in [2.45, 2.75) is 37.7 Å². The first kappa shape index (κ1) is 11.3. The van der Waals surface area contributed by atoms with Crippen LogP contribution in [0.1, 0.15) is 31.2 Å². The minimum Gasteiger partial charge on any atom is -0.389 e. The van der Waals surface area contributed by atoms with E-state index in [1.165, 1.54) is 5.56 Å². The zero-order chi connectivity index (χ0) is 11.4. The summed E-state index contributed by atoms with van der Waals surface area (Å²) in [4.78, 5) is 10.5. The van der Waals surface area contributed by atoms with Gasteiger partial charge in [0.05, 0.1) is 5.60 Å². The Morgan fingerprint density at radius 1 is 1.38 bits per heavy atom. The molecular formula is C14H18O2. The summed E-state index contributed by atoms with van der Waals surface area (Å²) in [6.45, 7) is 0. The molecule has 2 nitrogen and oxygen atoms in total. The van der Waals surface area contributed by atoms with Gasteiger partial charge in [-0.25, -0.2) is 0 Å². The van der Waals surface area contributed by atoms with E-state index in [1.54, 1.807) is 0 Å². The molecule has 2 unspecified atom stereocenters. The van der Waals surface area contributed by atoms with Gasteiger partial charge in [-0.3, -0.25) is 0 Å². The molecule has 1 aromatic carbocycles. The first-order valence-corrected chi connectivity index (χ1v) is 5.92. The minimum atomic E-state index is -0.721. The van der Waals surface area contributed by atoms with Crippen LogP contribution >= 0.6 is 0 Å². The molecule has 0 bridgehead atoms. The largest absolute Gasteiger partial charge is 0.389 e. The maximum atomic E-state index is 10.5. The van der Waals surface area contributed by atoms with Crippen LogP contribution in [0.15, 0.2) is 30.3 Å². The molecule has 16 heavy (non-hydrogen) atoms. The van der Waals surface area contributed by atoms with E-state index in [2.05, 4.69) is 12.1 Å². The van der Waals surface area contributed by atoms with Gasteiger partial charge in [-0.15, -0.1) is 0 Å². The second kappa shape index (κ2) is 4.79. The summed E-state index contributed by atoms with van der Waals surface area (Å²) in [7, 11) is 0. The molecule has 86 valence electrons.